The highest BCUT2D eigenvalue weighted by Crippen LogP contribution is 2.35. The van der Waals surface area contributed by atoms with Gasteiger partial charge in [0.2, 0.25) is 5.91 Å². The molecule has 0 radical (unpaired) electrons. The smallest absolute Gasteiger partial charge is 0.221 e. The quantitative estimate of drug-likeness (QED) is 0.304. The average Bonchev–Trinajstić information content (AvgIpc) is 3.26. The lowest BCUT2D eigenvalue weighted by Gasteiger charge is -2.17. The molecule has 0 spiro atoms. The average molecular weight is 464 g/mol. The van der Waals surface area contributed by atoms with E-state index in [2.05, 4.69) is 45.3 Å². The van der Waals surface area contributed by atoms with E-state index in [1.165, 1.54) is 17.7 Å². The van der Waals surface area contributed by atoms with Crippen LogP contribution in [-0.2, 0) is 17.9 Å². The van der Waals surface area contributed by atoms with Crippen LogP contribution >= 0.6 is 0 Å². The number of nitrogens with zero attached hydrogens (tertiary/aromatic N) is 2. The Hall–Kier alpha value is -4.25. The second-order valence-corrected chi connectivity index (χ2v) is 8.66. The Morgan fingerprint density at radius 1 is 0.886 bits per heavy atom. The summed E-state index contributed by atoms with van der Waals surface area (Å²) in [7, 11) is 0. The number of carbonyl (C=O) groups excluding carboxylic acids is 1. The number of halogens is 1. The first kappa shape index (κ1) is 22.5. The van der Waals surface area contributed by atoms with Gasteiger partial charge in [0, 0.05) is 54.9 Å². The normalized spacial score (nSPS) is 11.9. The molecular formula is C30H26FN3O. The summed E-state index contributed by atoms with van der Waals surface area (Å²) in [6.45, 7) is 1.14. The minimum absolute atomic E-state index is 0.0666. The number of carbonyl (C=O) groups is 1. The third kappa shape index (κ3) is 5.30. The van der Waals surface area contributed by atoms with Crippen LogP contribution in [-0.4, -0.2) is 15.5 Å². The molecule has 0 fully saturated rings. The van der Waals surface area contributed by atoms with Crippen molar-refractivity contribution in [2.24, 2.45) is 0 Å². The molecule has 1 N–H and O–H groups in total. The molecule has 3 aromatic carbocycles. The zero-order valence-corrected chi connectivity index (χ0v) is 19.3. The number of nitrogens with one attached hydrogen (secondary N) is 1. The van der Waals surface area contributed by atoms with Crippen molar-refractivity contribution in [2.75, 3.05) is 0 Å². The summed E-state index contributed by atoms with van der Waals surface area (Å²) in [5, 5.41) is 4.11. The van der Waals surface area contributed by atoms with Crippen LogP contribution in [0.15, 0.2) is 110 Å². The van der Waals surface area contributed by atoms with E-state index in [9.17, 15) is 9.18 Å². The molecule has 0 aliphatic carbocycles. The number of hydrogen-bond acceptors (Lipinski definition) is 2. The van der Waals surface area contributed by atoms with Gasteiger partial charge < -0.3 is 9.88 Å². The van der Waals surface area contributed by atoms with Crippen LogP contribution < -0.4 is 5.32 Å². The number of hydrogen-bond donors (Lipinski definition) is 1. The summed E-state index contributed by atoms with van der Waals surface area (Å²) in [6.07, 6.45) is 5.85. The highest BCUT2D eigenvalue weighted by Gasteiger charge is 2.23. The third-order valence-electron chi connectivity index (χ3n) is 6.26. The van der Waals surface area contributed by atoms with Crippen LogP contribution in [0.2, 0.25) is 0 Å². The number of para-hydroxylation sites is 1. The molecule has 35 heavy (non-hydrogen) atoms. The lowest BCUT2D eigenvalue weighted by atomic mass is 9.88. The van der Waals surface area contributed by atoms with Gasteiger partial charge in [-0.15, -0.1) is 0 Å². The molecule has 5 heteroatoms. The Morgan fingerprint density at radius 3 is 2.40 bits per heavy atom. The number of rotatable bonds is 8. The summed E-state index contributed by atoms with van der Waals surface area (Å²) >= 11 is 0. The molecule has 0 aliphatic heterocycles. The van der Waals surface area contributed by atoms with E-state index in [1.807, 2.05) is 42.5 Å². The fraction of sp³-hybridized carbons (Fsp3) is 0.133. The first-order valence-electron chi connectivity index (χ1n) is 11.7. The summed E-state index contributed by atoms with van der Waals surface area (Å²) < 4.78 is 16.0. The van der Waals surface area contributed by atoms with Gasteiger partial charge in [0.25, 0.3) is 0 Å². The molecule has 0 saturated carbocycles. The highest BCUT2D eigenvalue weighted by atomic mass is 19.1. The Kier molecular flexibility index (Phi) is 6.66. The van der Waals surface area contributed by atoms with Crippen LogP contribution in [0.1, 0.15) is 34.6 Å². The first-order chi connectivity index (χ1) is 17.2. The van der Waals surface area contributed by atoms with Crippen molar-refractivity contribution in [3.63, 3.8) is 0 Å². The van der Waals surface area contributed by atoms with E-state index < -0.39 is 0 Å². The Bertz CT molecular complexity index is 1410. The Balaban J connectivity index is 1.49. The Morgan fingerprint density at radius 2 is 1.63 bits per heavy atom. The predicted octanol–water partition coefficient (Wildman–Crippen LogP) is 6.06. The fourth-order valence-corrected chi connectivity index (χ4v) is 4.53. The van der Waals surface area contributed by atoms with E-state index in [4.69, 9.17) is 0 Å². The SMILES string of the molecule is O=C(C[C@@H](c1ccc(F)cc1)c1cn(Cc2ccccc2)c2ccccc12)NCc1cccnc1. The molecule has 0 aliphatic rings. The number of aromatic nitrogens is 2. The Labute approximate surface area is 204 Å². The first-order valence-corrected chi connectivity index (χ1v) is 11.7. The summed E-state index contributed by atoms with van der Waals surface area (Å²) in [5.74, 6) is -0.575. The molecule has 5 aromatic rings. The predicted molar refractivity (Wildman–Crippen MR) is 136 cm³/mol. The van der Waals surface area contributed by atoms with Gasteiger partial charge in [-0.25, -0.2) is 4.39 Å². The molecule has 1 atom stereocenters. The molecule has 4 nitrogen and oxygen atoms in total. The van der Waals surface area contributed by atoms with Gasteiger partial charge >= 0.3 is 0 Å². The maximum Gasteiger partial charge on any atom is 0.221 e. The number of benzene rings is 3. The zero-order chi connectivity index (χ0) is 24.0. The van der Waals surface area contributed by atoms with E-state index in [-0.39, 0.29) is 24.1 Å². The topological polar surface area (TPSA) is 46.9 Å². The standard InChI is InChI=1S/C30H26FN3O/c31-25-14-12-24(13-15-25)27(17-30(35)33-19-23-9-6-16-32-18-23)28-21-34(20-22-7-2-1-3-8-22)29-11-5-4-10-26(28)29/h1-16,18,21,27H,17,19-20H2,(H,33,35)/t27-/m0/s1. The van der Waals surface area contributed by atoms with Gasteiger partial charge in [-0.3, -0.25) is 9.78 Å². The van der Waals surface area contributed by atoms with Crippen LogP contribution in [0.4, 0.5) is 4.39 Å². The molecule has 1 amide bonds. The fourth-order valence-electron chi connectivity index (χ4n) is 4.53. The third-order valence-corrected chi connectivity index (χ3v) is 6.26. The van der Waals surface area contributed by atoms with Crippen molar-refractivity contribution in [3.05, 3.63) is 138 Å². The van der Waals surface area contributed by atoms with Gasteiger partial charge in [-0.05, 0) is 46.5 Å². The molecule has 0 unspecified atom stereocenters. The van der Waals surface area contributed by atoms with Crippen LogP contribution in [0.3, 0.4) is 0 Å². The second kappa shape index (κ2) is 10.3. The maximum atomic E-state index is 13.7. The largest absolute Gasteiger partial charge is 0.352 e. The highest BCUT2D eigenvalue weighted by molar-refractivity contribution is 5.86. The molecule has 0 bridgehead atoms. The van der Waals surface area contributed by atoms with Gasteiger partial charge in [-0.1, -0.05) is 66.7 Å². The number of pyridine rings is 1. The maximum absolute atomic E-state index is 13.7. The van der Waals surface area contributed by atoms with Crippen molar-refractivity contribution in [1.82, 2.24) is 14.9 Å². The second-order valence-electron chi connectivity index (χ2n) is 8.66. The number of fused-ring (bicyclic) bond motifs is 1. The molecule has 0 saturated heterocycles. The summed E-state index contributed by atoms with van der Waals surface area (Å²) in [5.41, 5.74) is 5.21. The molecule has 174 valence electrons. The lowest BCUT2D eigenvalue weighted by molar-refractivity contribution is -0.121. The minimum atomic E-state index is -0.292. The van der Waals surface area contributed by atoms with E-state index >= 15 is 0 Å². The minimum Gasteiger partial charge on any atom is -0.352 e. The van der Waals surface area contributed by atoms with Gasteiger partial charge in [0.1, 0.15) is 5.82 Å². The van der Waals surface area contributed by atoms with E-state index in [0.717, 1.165) is 34.1 Å². The van der Waals surface area contributed by atoms with Crippen molar-refractivity contribution in [3.8, 4) is 0 Å². The van der Waals surface area contributed by atoms with E-state index in [0.29, 0.717) is 6.54 Å². The summed E-state index contributed by atoms with van der Waals surface area (Å²) in [4.78, 5) is 17.2. The van der Waals surface area contributed by atoms with Crippen LogP contribution in [0.5, 0.6) is 0 Å². The molecule has 2 aromatic heterocycles. The van der Waals surface area contributed by atoms with Crippen molar-refractivity contribution in [1.29, 1.82) is 0 Å². The summed E-state index contributed by atoms with van der Waals surface area (Å²) in [6, 6.07) is 28.8. The van der Waals surface area contributed by atoms with Crippen LogP contribution in [0, 0.1) is 5.82 Å². The zero-order valence-electron chi connectivity index (χ0n) is 19.3. The van der Waals surface area contributed by atoms with Crippen molar-refractivity contribution < 1.29 is 9.18 Å². The monoisotopic (exact) mass is 463 g/mol. The molecule has 2 heterocycles. The van der Waals surface area contributed by atoms with Gasteiger partial charge in [0.15, 0.2) is 0 Å². The van der Waals surface area contributed by atoms with Crippen molar-refractivity contribution >= 4 is 16.8 Å². The van der Waals surface area contributed by atoms with Gasteiger partial charge in [-0.2, -0.15) is 0 Å². The van der Waals surface area contributed by atoms with Crippen LogP contribution in [0.25, 0.3) is 10.9 Å². The molecular weight excluding hydrogens is 437 g/mol. The lowest BCUT2D eigenvalue weighted by Crippen LogP contribution is -2.25. The van der Waals surface area contributed by atoms with Crippen molar-refractivity contribution in [2.45, 2.75) is 25.4 Å². The molecule has 5 rings (SSSR count). The van der Waals surface area contributed by atoms with E-state index in [1.54, 1.807) is 24.5 Å². The number of amides is 1. The van der Waals surface area contributed by atoms with Gasteiger partial charge in [0.05, 0.1) is 0 Å².